The van der Waals surface area contributed by atoms with Crippen LogP contribution in [-0.2, 0) is 27.0 Å². The lowest BCUT2D eigenvalue weighted by molar-refractivity contribution is -0.292. The summed E-state index contributed by atoms with van der Waals surface area (Å²) < 4.78 is 91.6. The number of nitrogens with one attached hydrogen (secondary N) is 3. The first kappa shape index (κ1) is 31.0. The fourth-order valence-electron chi connectivity index (χ4n) is 3.23. The molecule has 2 aromatic rings. The topological polar surface area (TPSA) is 129 Å². The van der Waals surface area contributed by atoms with Gasteiger partial charge in [-0.2, -0.15) is 33.7 Å². The van der Waals surface area contributed by atoms with E-state index < -0.39 is 39.7 Å². The van der Waals surface area contributed by atoms with Crippen LogP contribution in [-0.4, -0.2) is 65.9 Å². The van der Waals surface area contributed by atoms with Crippen molar-refractivity contribution in [2.75, 3.05) is 34.8 Å². The molecule has 0 saturated carbocycles. The first-order chi connectivity index (χ1) is 16.7. The van der Waals surface area contributed by atoms with E-state index in [1.807, 2.05) is 11.2 Å². The number of aromatic amines is 1. The minimum absolute atomic E-state index is 0. The minimum Gasteiger partial charge on any atom is -0.339 e. The summed E-state index contributed by atoms with van der Waals surface area (Å²) in [6.45, 7) is 3.17. The summed E-state index contributed by atoms with van der Waals surface area (Å²) in [5.74, 6) is -7.81. The molecular weight excluding hydrogens is 615 g/mol. The summed E-state index contributed by atoms with van der Waals surface area (Å²) in [7, 11) is -3.97. The van der Waals surface area contributed by atoms with Gasteiger partial charge in [0.2, 0.25) is 0 Å². The number of imidazole rings is 1. The Hall–Kier alpha value is -2.18. The lowest BCUT2D eigenvalue weighted by Gasteiger charge is -2.35. The number of pyridine rings is 1. The molecule has 0 radical (unpaired) electrons. The number of H-pyrrole nitrogens is 1. The summed E-state index contributed by atoms with van der Waals surface area (Å²) in [5.41, 5.74) is 4.63. The van der Waals surface area contributed by atoms with Gasteiger partial charge in [-0.1, -0.05) is 6.92 Å². The largest absolute Gasteiger partial charge is 0.461 e. The molecule has 1 atom stereocenters. The summed E-state index contributed by atoms with van der Waals surface area (Å²) in [4.78, 5) is 26.5. The van der Waals surface area contributed by atoms with Gasteiger partial charge < -0.3 is 4.98 Å². The Labute approximate surface area is 223 Å². The van der Waals surface area contributed by atoms with E-state index in [0.717, 1.165) is 12.3 Å². The molecule has 1 unspecified atom stereocenters. The number of alkyl halides is 5. The highest BCUT2D eigenvalue weighted by molar-refractivity contribution is 8.93. The number of thioether (sulfide) groups is 1. The van der Waals surface area contributed by atoms with E-state index in [2.05, 4.69) is 20.9 Å². The van der Waals surface area contributed by atoms with E-state index in [4.69, 9.17) is 4.84 Å². The van der Waals surface area contributed by atoms with Crippen LogP contribution in [0.25, 0.3) is 0 Å². The smallest absolute Gasteiger partial charge is 0.339 e. The number of carbonyl (C=O) groups is 1. The molecule has 18 heteroatoms. The van der Waals surface area contributed by atoms with Gasteiger partial charge in [0.15, 0.2) is 27.3 Å². The molecule has 0 spiro atoms. The van der Waals surface area contributed by atoms with Gasteiger partial charge in [0.25, 0.3) is 5.91 Å². The van der Waals surface area contributed by atoms with E-state index in [1.54, 1.807) is 6.92 Å². The fourth-order valence-corrected chi connectivity index (χ4v) is 4.53. The number of rotatable bonds is 9. The number of hydrogen-bond acceptors (Lipinski definition) is 9. The lowest BCUT2D eigenvalue weighted by atomic mass is 10.1. The second-order valence-corrected chi connectivity index (χ2v) is 11.0. The van der Waals surface area contributed by atoms with E-state index >= 15 is 0 Å². The van der Waals surface area contributed by atoms with Crippen LogP contribution in [0.4, 0.5) is 33.6 Å². The van der Waals surface area contributed by atoms with Crippen LogP contribution in [0.3, 0.4) is 0 Å². The second-order valence-electron chi connectivity index (χ2n) is 7.74. The number of aromatic nitrogens is 3. The SMILES string of the molecule is Br.CCS(=O)(=O)c1cc(C(=O)NOCCSC)cnc1N1Nc2nc(C(F)(F)C(F)(F)F)[nH]c2CC1C. The van der Waals surface area contributed by atoms with E-state index in [0.29, 0.717) is 5.75 Å². The predicted octanol–water partition coefficient (Wildman–Crippen LogP) is 3.63. The highest BCUT2D eigenvalue weighted by Gasteiger charge is 2.61. The fraction of sp³-hybridized carbons (Fsp3) is 0.526. The van der Waals surface area contributed by atoms with Crippen molar-refractivity contribution in [3.8, 4) is 0 Å². The molecule has 2 aromatic heterocycles. The number of hydrazine groups is 1. The van der Waals surface area contributed by atoms with Gasteiger partial charge in [0.05, 0.1) is 29.7 Å². The van der Waals surface area contributed by atoms with Crippen molar-refractivity contribution in [1.82, 2.24) is 20.4 Å². The molecule has 3 rings (SSSR count). The zero-order valence-electron chi connectivity index (χ0n) is 19.6. The quantitative estimate of drug-likeness (QED) is 0.214. The molecular formula is C19H24BrF5N6O4S2. The maximum absolute atomic E-state index is 13.8. The van der Waals surface area contributed by atoms with Crippen molar-refractivity contribution in [2.24, 2.45) is 0 Å². The van der Waals surface area contributed by atoms with Gasteiger partial charge >= 0.3 is 12.1 Å². The molecule has 10 nitrogen and oxygen atoms in total. The maximum Gasteiger partial charge on any atom is 0.461 e. The maximum atomic E-state index is 13.8. The molecule has 1 amide bonds. The normalized spacial score (nSPS) is 16.0. The first-order valence-corrected chi connectivity index (χ1v) is 13.5. The van der Waals surface area contributed by atoms with Crippen molar-refractivity contribution in [3.63, 3.8) is 0 Å². The van der Waals surface area contributed by atoms with Crippen molar-refractivity contribution in [2.45, 2.75) is 43.3 Å². The Kier molecular flexibility index (Phi) is 9.81. The zero-order chi connectivity index (χ0) is 26.9. The number of carbonyl (C=O) groups excluding carboxylic acids is 1. The van der Waals surface area contributed by atoms with Crippen molar-refractivity contribution >= 4 is 56.1 Å². The summed E-state index contributed by atoms with van der Waals surface area (Å²) >= 11 is 1.49. The Bertz CT molecular complexity index is 1230. The van der Waals surface area contributed by atoms with Gasteiger partial charge in [-0.15, -0.1) is 17.0 Å². The molecule has 3 N–H and O–H groups in total. The third kappa shape index (κ3) is 6.46. The molecule has 0 fully saturated rings. The van der Waals surface area contributed by atoms with Crippen LogP contribution in [0.1, 0.15) is 35.7 Å². The lowest BCUT2D eigenvalue weighted by Crippen LogP contribution is -2.44. The minimum atomic E-state index is -5.86. The molecule has 1 aliphatic rings. The van der Waals surface area contributed by atoms with Gasteiger partial charge in [0, 0.05) is 18.4 Å². The Morgan fingerprint density at radius 2 is 2.00 bits per heavy atom. The molecule has 0 saturated heterocycles. The van der Waals surface area contributed by atoms with Crippen molar-refractivity contribution in [1.29, 1.82) is 0 Å². The Balaban J connectivity index is 0.00000481. The van der Waals surface area contributed by atoms with Crippen LogP contribution < -0.4 is 15.9 Å². The Morgan fingerprint density at radius 1 is 1.32 bits per heavy atom. The number of nitrogens with zero attached hydrogens (tertiary/aromatic N) is 3. The molecule has 37 heavy (non-hydrogen) atoms. The number of amides is 1. The zero-order valence-corrected chi connectivity index (χ0v) is 23.0. The van der Waals surface area contributed by atoms with Crippen LogP contribution in [0.15, 0.2) is 17.2 Å². The molecule has 0 aliphatic carbocycles. The molecule has 208 valence electrons. The predicted molar refractivity (Wildman–Crippen MR) is 132 cm³/mol. The number of halogens is 6. The van der Waals surface area contributed by atoms with Gasteiger partial charge in [0.1, 0.15) is 4.90 Å². The van der Waals surface area contributed by atoms with Crippen molar-refractivity contribution in [3.05, 3.63) is 29.3 Å². The van der Waals surface area contributed by atoms with Crippen LogP contribution in [0.5, 0.6) is 0 Å². The molecule has 0 aromatic carbocycles. The van der Waals surface area contributed by atoms with Gasteiger partial charge in [-0.3, -0.25) is 20.1 Å². The van der Waals surface area contributed by atoms with Crippen LogP contribution in [0, 0.1) is 0 Å². The number of hydrogen-bond donors (Lipinski definition) is 3. The van der Waals surface area contributed by atoms with Gasteiger partial charge in [-0.05, 0) is 19.2 Å². The number of sulfone groups is 1. The molecule has 1 aliphatic heterocycles. The molecule has 0 bridgehead atoms. The van der Waals surface area contributed by atoms with E-state index in [-0.39, 0.29) is 63.6 Å². The second kappa shape index (κ2) is 11.7. The number of hydroxylamine groups is 1. The number of fused-ring (bicyclic) bond motifs is 1. The van der Waals surface area contributed by atoms with Crippen LogP contribution in [0.2, 0.25) is 0 Å². The van der Waals surface area contributed by atoms with E-state index in [1.165, 1.54) is 23.7 Å². The Morgan fingerprint density at radius 3 is 2.59 bits per heavy atom. The monoisotopic (exact) mass is 638 g/mol. The van der Waals surface area contributed by atoms with Gasteiger partial charge in [-0.25, -0.2) is 23.9 Å². The van der Waals surface area contributed by atoms with Crippen molar-refractivity contribution < 1.29 is 40.0 Å². The third-order valence-electron chi connectivity index (χ3n) is 5.19. The average Bonchev–Trinajstić information content (AvgIpc) is 3.23. The highest BCUT2D eigenvalue weighted by atomic mass is 79.9. The summed E-state index contributed by atoms with van der Waals surface area (Å²) in [5, 5.41) is 1.19. The summed E-state index contributed by atoms with van der Waals surface area (Å²) in [6, 6.07) is 0.435. The highest BCUT2D eigenvalue weighted by Crippen LogP contribution is 2.44. The first-order valence-electron chi connectivity index (χ1n) is 10.5. The molecule has 3 heterocycles. The van der Waals surface area contributed by atoms with Crippen LogP contribution >= 0.6 is 28.7 Å². The average molecular weight is 639 g/mol. The third-order valence-corrected chi connectivity index (χ3v) is 7.50. The standard InChI is InChI=1S/C19H23F5N6O4S2.BrH/c1-4-36(32,33)13-8-11(16(31)29-34-5-6-35-3)9-25-15(13)30-10(2)7-12-14(28-30)27-17(26-12)18(20,21)19(22,23)24;/h8-10,28H,4-7H2,1-3H3,(H,26,27)(H,29,31);1H. The van der Waals surface area contributed by atoms with E-state index in [9.17, 15) is 35.2 Å². The number of anilines is 2. The summed E-state index contributed by atoms with van der Waals surface area (Å²) in [6.07, 6.45) is -3.00.